The Labute approximate surface area is 120 Å². The van der Waals surface area contributed by atoms with E-state index in [-0.39, 0.29) is 23.7 Å². The summed E-state index contributed by atoms with van der Waals surface area (Å²) in [4.78, 5) is 14.3. The van der Waals surface area contributed by atoms with Crippen LogP contribution in [0.3, 0.4) is 0 Å². The Morgan fingerprint density at radius 1 is 1.58 bits per heavy atom. The van der Waals surface area contributed by atoms with Gasteiger partial charge < -0.3 is 15.1 Å². The maximum absolute atomic E-state index is 12.4. The Bertz CT molecular complexity index is 433. The minimum absolute atomic E-state index is 0. The lowest BCUT2D eigenvalue weighted by Gasteiger charge is -2.39. The maximum Gasteiger partial charge on any atom is 0.257 e. The van der Waals surface area contributed by atoms with Gasteiger partial charge in [-0.25, -0.2) is 0 Å². The molecule has 1 amide bonds. The molecule has 19 heavy (non-hydrogen) atoms. The number of nitrogens with two attached hydrogens (primary N) is 1. The van der Waals surface area contributed by atoms with Gasteiger partial charge in [-0.15, -0.1) is 12.4 Å². The molecule has 4 nitrogen and oxygen atoms in total. The summed E-state index contributed by atoms with van der Waals surface area (Å²) in [5.41, 5.74) is 6.37. The van der Waals surface area contributed by atoms with Crippen LogP contribution in [0, 0.1) is 5.41 Å². The van der Waals surface area contributed by atoms with Gasteiger partial charge in [0.25, 0.3) is 5.91 Å². The van der Waals surface area contributed by atoms with E-state index in [4.69, 9.17) is 10.2 Å². The lowest BCUT2D eigenvalue weighted by molar-refractivity contribution is 0.0542. The van der Waals surface area contributed by atoms with Gasteiger partial charge >= 0.3 is 0 Å². The maximum atomic E-state index is 12.4. The van der Waals surface area contributed by atoms with Gasteiger partial charge in [-0.1, -0.05) is 13.8 Å². The van der Waals surface area contributed by atoms with Crippen LogP contribution in [0.25, 0.3) is 0 Å². The zero-order valence-corrected chi connectivity index (χ0v) is 12.5. The molecule has 2 N–H and O–H groups in total. The summed E-state index contributed by atoms with van der Waals surface area (Å²) in [5, 5.41) is 0. The molecular weight excluding hydrogens is 264 g/mol. The highest BCUT2D eigenvalue weighted by molar-refractivity contribution is 5.94. The number of hydrogen-bond acceptors (Lipinski definition) is 3. The van der Waals surface area contributed by atoms with Gasteiger partial charge in [0.2, 0.25) is 0 Å². The molecule has 1 unspecified atom stereocenters. The van der Waals surface area contributed by atoms with Crippen LogP contribution >= 0.6 is 12.4 Å². The molecule has 0 bridgehead atoms. The van der Waals surface area contributed by atoms with Crippen LogP contribution < -0.4 is 5.73 Å². The molecule has 1 aromatic rings. The average molecular weight is 287 g/mol. The van der Waals surface area contributed by atoms with Crippen molar-refractivity contribution in [2.45, 2.75) is 39.7 Å². The van der Waals surface area contributed by atoms with Gasteiger partial charge in [0, 0.05) is 13.1 Å². The third kappa shape index (κ3) is 3.51. The highest BCUT2D eigenvalue weighted by Crippen LogP contribution is 2.33. The fourth-order valence-corrected chi connectivity index (χ4v) is 2.56. The van der Waals surface area contributed by atoms with Gasteiger partial charge in [-0.2, -0.15) is 0 Å². The number of halogens is 1. The Balaban J connectivity index is 0.00000180. The monoisotopic (exact) mass is 286 g/mol. The van der Waals surface area contributed by atoms with Crippen molar-refractivity contribution >= 4 is 18.3 Å². The van der Waals surface area contributed by atoms with E-state index in [2.05, 4.69) is 13.8 Å². The van der Waals surface area contributed by atoms with E-state index < -0.39 is 0 Å². The fraction of sp³-hybridized carbons (Fsp3) is 0.643. The van der Waals surface area contributed by atoms with Crippen LogP contribution in [0.15, 0.2) is 16.7 Å². The number of hydrogen-bond donors (Lipinski definition) is 1. The Morgan fingerprint density at radius 2 is 2.32 bits per heavy atom. The summed E-state index contributed by atoms with van der Waals surface area (Å²) in [5.74, 6) is 0.728. The van der Waals surface area contributed by atoms with Gasteiger partial charge in [0.05, 0.1) is 12.1 Å². The van der Waals surface area contributed by atoms with Crippen molar-refractivity contribution in [1.82, 2.24) is 4.90 Å². The Morgan fingerprint density at radius 3 is 2.89 bits per heavy atom. The van der Waals surface area contributed by atoms with Crippen molar-refractivity contribution < 1.29 is 9.21 Å². The minimum atomic E-state index is 0. The number of piperidine rings is 1. The summed E-state index contributed by atoms with van der Waals surface area (Å²) < 4.78 is 5.23. The molecular formula is C14H23ClN2O2. The van der Waals surface area contributed by atoms with E-state index in [1.165, 1.54) is 12.7 Å². The molecule has 0 aliphatic carbocycles. The lowest BCUT2D eigenvalue weighted by Crippen LogP contribution is -2.44. The smallest absolute Gasteiger partial charge is 0.257 e. The molecule has 0 aromatic carbocycles. The van der Waals surface area contributed by atoms with Crippen LogP contribution in [-0.2, 0) is 6.54 Å². The highest BCUT2D eigenvalue weighted by atomic mass is 35.5. The van der Waals surface area contributed by atoms with Gasteiger partial charge in [-0.05, 0) is 30.7 Å². The number of amides is 1. The first-order chi connectivity index (χ1) is 8.58. The standard InChI is InChI=1S/C14H22N2O2.ClH/c1-3-14(2)5-4-6-16(10-14)13(17)11-7-12(8-15)18-9-11;/h7,9H,3-6,8,10,15H2,1-2H3;1H. The van der Waals surface area contributed by atoms with E-state index in [9.17, 15) is 4.79 Å². The molecule has 1 saturated heterocycles. The third-order valence-electron chi connectivity index (χ3n) is 4.02. The lowest BCUT2D eigenvalue weighted by atomic mass is 9.79. The average Bonchev–Trinajstić information content (AvgIpc) is 2.86. The minimum Gasteiger partial charge on any atom is -0.467 e. The summed E-state index contributed by atoms with van der Waals surface area (Å²) in [6.07, 6.45) is 4.91. The van der Waals surface area contributed by atoms with Crippen molar-refractivity contribution in [3.63, 3.8) is 0 Å². The predicted octanol–water partition coefficient (Wildman–Crippen LogP) is 2.81. The molecule has 0 radical (unpaired) electrons. The number of rotatable bonds is 3. The first kappa shape index (κ1) is 16.1. The van der Waals surface area contributed by atoms with Gasteiger partial charge in [0.1, 0.15) is 12.0 Å². The summed E-state index contributed by atoms with van der Waals surface area (Å²) in [7, 11) is 0. The summed E-state index contributed by atoms with van der Waals surface area (Å²) in [6.45, 7) is 6.47. The first-order valence-electron chi connectivity index (χ1n) is 6.65. The van der Waals surface area contributed by atoms with E-state index in [1.54, 1.807) is 6.07 Å². The number of nitrogens with zero attached hydrogens (tertiary/aromatic N) is 1. The van der Waals surface area contributed by atoms with E-state index >= 15 is 0 Å². The van der Waals surface area contributed by atoms with Crippen molar-refractivity contribution in [2.24, 2.45) is 11.1 Å². The third-order valence-corrected chi connectivity index (χ3v) is 4.02. The number of carbonyl (C=O) groups excluding carboxylic acids is 1. The van der Waals surface area contributed by atoms with Crippen LogP contribution in [0.5, 0.6) is 0 Å². The fourth-order valence-electron chi connectivity index (χ4n) is 2.56. The zero-order chi connectivity index (χ0) is 13.2. The van der Waals surface area contributed by atoms with Crippen molar-refractivity contribution in [1.29, 1.82) is 0 Å². The second-order valence-electron chi connectivity index (χ2n) is 5.50. The van der Waals surface area contributed by atoms with E-state index in [1.807, 2.05) is 4.90 Å². The normalized spacial score (nSPS) is 23.0. The predicted molar refractivity (Wildman–Crippen MR) is 77.4 cm³/mol. The molecule has 1 atom stereocenters. The molecule has 1 aromatic heterocycles. The van der Waals surface area contributed by atoms with Crippen LogP contribution in [0.4, 0.5) is 0 Å². The number of carbonyl (C=O) groups is 1. The molecule has 0 spiro atoms. The first-order valence-corrected chi connectivity index (χ1v) is 6.65. The number of furan rings is 1. The molecule has 108 valence electrons. The van der Waals surface area contributed by atoms with Crippen LogP contribution in [0.2, 0.25) is 0 Å². The topological polar surface area (TPSA) is 59.5 Å². The molecule has 2 heterocycles. The largest absolute Gasteiger partial charge is 0.467 e. The second-order valence-corrected chi connectivity index (χ2v) is 5.50. The van der Waals surface area contributed by atoms with Crippen LogP contribution in [-0.4, -0.2) is 23.9 Å². The summed E-state index contributed by atoms with van der Waals surface area (Å²) in [6, 6.07) is 1.75. The Hall–Kier alpha value is -1.00. The van der Waals surface area contributed by atoms with Crippen molar-refractivity contribution in [3.8, 4) is 0 Å². The SMILES string of the molecule is CCC1(C)CCCN(C(=O)c2coc(CN)c2)C1.Cl. The Kier molecular flexibility index (Phi) is 5.44. The molecule has 0 saturated carbocycles. The van der Waals surface area contributed by atoms with E-state index in [0.29, 0.717) is 17.9 Å². The van der Waals surface area contributed by atoms with E-state index in [0.717, 1.165) is 25.9 Å². The second kappa shape index (κ2) is 6.44. The number of likely N-dealkylation sites (tertiary alicyclic amines) is 1. The van der Waals surface area contributed by atoms with Crippen molar-refractivity contribution in [2.75, 3.05) is 13.1 Å². The highest BCUT2D eigenvalue weighted by Gasteiger charge is 2.32. The molecule has 1 aliphatic rings. The van der Waals surface area contributed by atoms with Crippen molar-refractivity contribution in [3.05, 3.63) is 23.7 Å². The molecule has 2 rings (SSSR count). The zero-order valence-electron chi connectivity index (χ0n) is 11.6. The van der Waals surface area contributed by atoms with Gasteiger partial charge in [0.15, 0.2) is 0 Å². The van der Waals surface area contributed by atoms with Gasteiger partial charge in [-0.3, -0.25) is 4.79 Å². The van der Waals surface area contributed by atoms with Crippen LogP contribution in [0.1, 0.15) is 49.2 Å². The summed E-state index contributed by atoms with van der Waals surface area (Å²) >= 11 is 0. The molecule has 1 fully saturated rings. The quantitative estimate of drug-likeness (QED) is 0.929. The molecule has 1 aliphatic heterocycles. The molecule has 5 heteroatoms.